The number of fused-ring (bicyclic) bond motifs is 3. The van der Waals surface area contributed by atoms with Crippen LogP contribution in [0.15, 0.2) is 64.2 Å². The molecule has 8 nitrogen and oxygen atoms in total. The zero-order valence-electron chi connectivity index (χ0n) is 15.3. The predicted octanol–water partition coefficient (Wildman–Crippen LogP) is 2.44. The summed E-state index contributed by atoms with van der Waals surface area (Å²) in [6, 6.07) is 17.0. The molecule has 0 aliphatic carbocycles. The average molecular weight is 407 g/mol. The second-order valence-corrected chi connectivity index (χ2v) is 7.11. The number of nitrogens with zero attached hydrogens (tertiary/aromatic N) is 5. The first-order valence-electron chi connectivity index (χ1n) is 8.91. The van der Waals surface area contributed by atoms with Crippen LogP contribution in [0.2, 0.25) is 5.02 Å². The van der Waals surface area contributed by atoms with Gasteiger partial charge in [-0.3, -0.25) is 18.9 Å². The largest absolute Gasteiger partial charge is 0.329 e. The van der Waals surface area contributed by atoms with E-state index in [9.17, 15) is 9.59 Å². The number of halogens is 1. The van der Waals surface area contributed by atoms with E-state index in [-0.39, 0.29) is 0 Å². The van der Waals surface area contributed by atoms with Crippen LogP contribution in [0.4, 0.5) is 0 Å². The van der Waals surface area contributed by atoms with Crippen LogP contribution in [-0.2, 0) is 13.6 Å². The lowest BCUT2D eigenvalue weighted by atomic mass is 10.2. The van der Waals surface area contributed by atoms with Gasteiger partial charge in [0.1, 0.15) is 0 Å². The van der Waals surface area contributed by atoms with Crippen molar-refractivity contribution in [2.24, 2.45) is 7.05 Å². The standard InChI is InChI=1S/C20H15ClN6O2/c1-25-18-15(17(28)22-20(25)29)26(11-12-7-3-2-4-8-12)19-24-23-16(27(18)19)13-9-5-6-10-14(13)21/h2-10H,11H2,1H3,(H,22,28,29). The summed E-state index contributed by atoms with van der Waals surface area (Å²) in [5, 5.41) is 9.15. The molecule has 1 N–H and O–H groups in total. The molecular formula is C20H15ClN6O2. The van der Waals surface area contributed by atoms with E-state index in [1.807, 2.05) is 48.5 Å². The third-order valence-electron chi connectivity index (χ3n) is 4.94. The van der Waals surface area contributed by atoms with Gasteiger partial charge in [0.05, 0.1) is 11.6 Å². The Kier molecular flexibility index (Phi) is 3.88. The van der Waals surface area contributed by atoms with Crippen LogP contribution in [-0.4, -0.2) is 28.7 Å². The van der Waals surface area contributed by atoms with Crippen molar-refractivity contribution in [3.63, 3.8) is 0 Å². The molecule has 9 heteroatoms. The Balaban J connectivity index is 1.93. The Hall–Kier alpha value is -3.65. The molecular weight excluding hydrogens is 392 g/mol. The van der Waals surface area contributed by atoms with Crippen LogP contribution in [0.5, 0.6) is 0 Å². The molecule has 29 heavy (non-hydrogen) atoms. The molecule has 3 aromatic heterocycles. The number of hydrogen-bond acceptors (Lipinski definition) is 4. The summed E-state index contributed by atoms with van der Waals surface area (Å²) in [5.41, 5.74) is 1.41. The molecule has 0 radical (unpaired) electrons. The molecule has 0 fully saturated rings. The van der Waals surface area contributed by atoms with Crippen molar-refractivity contribution >= 4 is 28.5 Å². The Labute approximate surface area is 168 Å². The lowest BCUT2D eigenvalue weighted by Crippen LogP contribution is -2.29. The van der Waals surface area contributed by atoms with E-state index in [0.717, 1.165) is 5.56 Å². The molecule has 0 aliphatic rings. The lowest BCUT2D eigenvalue weighted by Gasteiger charge is -2.05. The fourth-order valence-corrected chi connectivity index (χ4v) is 3.79. The normalized spacial score (nSPS) is 11.5. The number of imidazole rings is 1. The SMILES string of the molecule is Cn1c(=O)[nH]c(=O)c2c1n1c(-c3ccccc3Cl)nnc1n2Cc1ccccc1. The van der Waals surface area contributed by atoms with Crippen molar-refractivity contribution in [1.82, 2.24) is 28.7 Å². The van der Waals surface area contributed by atoms with Gasteiger partial charge in [0.25, 0.3) is 5.56 Å². The van der Waals surface area contributed by atoms with Crippen LogP contribution in [0, 0.1) is 0 Å². The summed E-state index contributed by atoms with van der Waals surface area (Å²) in [6.45, 7) is 0.399. The van der Waals surface area contributed by atoms with Gasteiger partial charge in [-0.1, -0.05) is 54.1 Å². The zero-order valence-corrected chi connectivity index (χ0v) is 16.1. The Morgan fingerprint density at radius 3 is 2.48 bits per heavy atom. The van der Waals surface area contributed by atoms with E-state index < -0.39 is 11.2 Å². The molecule has 0 bridgehead atoms. The number of H-pyrrole nitrogens is 1. The first kappa shape index (κ1) is 17.4. The van der Waals surface area contributed by atoms with Crippen LogP contribution in [0.1, 0.15) is 5.56 Å². The minimum atomic E-state index is -0.514. The highest BCUT2D eigenvalue weighted by molar-refractivity contribution is 6.33. The van der Waals surface area contributed by atoms with Crippen molar-refractivity contribution in [3.05, 3.63) is 86.0 Å². The van der Waals surface area contributed by atoms with Gasteiger partial charge in [-0.2, -0.15) is 0 Å². The maximum Gasteiger partial charge on any atom is 0.329 e. The second-order valence-electron chi connectivity index (χ2n) is 6.70. The maximum atomic E-state index is 12.8. The van der Waals surface area contributed by atoms with Crippen molar-refractivity contribution in [2.75, 3.05) is 0 Å². The predicted molar refractivity (Wildman–Crippen MR) is 110 cm³/mol. The highest BCUT2D eigenvalue weighted by Crippen LogP contribution is 2.29. The summed E-state index contributed by atoms with van der Waals surface area (Å²) in [7, 11) is 1.60. The first-order valence-corrected chi connectivity index (χ1v) is 9.29. The third kappa shape index (κ3) is 2.60. The maximum absolute atomic E-state index is 12.8. The summed E-state index contributed by atoms with van der Waals surface area (Å²) < 4.78 is 4.85. The molecule has 0 saturated heterocycles. The Bertz CT molecular complexity index is 1490. The number of aromatic amines is 1. The number of hydrogen-bond donors (Lipinski definition) is 1. The topological polar surface area (TPSA) is 90.0 Å². The summed E-state index contributed by atoms with van der Waals surface area (Å²) in [4.78, 5) is 27.5. The number of aryl methyl sites for hydroxylation is 1. The van der Waals surface area contributed by atoms with Crippen LogP contribution < -0.4 is 11.2 Å². The fourth-order valence-electron chi connectivity index (χ4n) is 3.57. The van der Waals surface area contributed by atoms with E-state index in [1.165, 1.54) is 4.57 Å². The van der Waals surface area contributed by atoms with Crippen LogP contribution >= 0.6 is 11.6 Å². The van der Waals surface area contributed by atoms with E-state index >= 15 is 0 Å². The highest BCUT2D eigenvalue weighted by Gasteiger charge is 2.23. The molecule has 5 aromatic rings. The van der Waals surface area contributed by atoms with Gasteiger partial charge in [-0.15, -0.1) is 10.2 Å². The quantitative estimate of drug-likeness (QED) is 0.498. The monoisotopic (exact) mass is 406 g/mol. The van der Waals surface area contributed by atoms with Gasteiger partial charge in [0, 0.05) is 12.6 Å². The smallest absolute Gasteiger partial charge is 0.298 e. The molecule has 0 saturated carbocycles. The van der Waals surface area contributed by atoms with Crippen molar-refractivity contribution in [2.45, 2.75) is 6.54 Å². The third-order valence-corrected chi connectivity index (χ3v) is 5.27. The van der Waals surface area contributed by atoms with Crippen LogP contribution in [0.25, 0.3) is 28.3 Å². The molecule has 5 rings (SSSR count). The molecule has 0 atom stereocenters. The van der Waals surface area contributed by atoms with Gasteiger partial charge < -0.3 is 0 Å². The molecule has 144 valence electrons. The van der Waals surface area contributed by atoms with Gasteiger partial charge in [-0.25, -0.2) is 9.20 Å². The minimum absolute atomic E-state index is 0.342. The second kappa shape index (κ2) is 6.46. The van der Waals surface area contributed by atoms with Crippen molar-refractivity contribution < 1.29 is 0 Å². The van der Waals surface area contributed by atoms with Gasteiger partial charge in [-0.05, 0) is 17.7 Å². The fraction of sp³-hybridized carbons (Fsp3) is 0.100. The number of rotatable bonds is 3. The van der Waals surface area contributed by atoms with Gasteiger partial charge in [0.15, 0.2) is 17.0 Å². The van der Waals surface area contributed by atoms with E-state index in [2.05, 4.69) is 15.2 Å². The Morgan fingerprint density at radius 2 is 1.72 bits per heavy atom. The average Bonchev–Trinajstić information content (AvgIpc) is 3.27. The minimum Gasteiger partial charge on any atom is -0.298 e. The van der Waals surface area contributed by atoms with E-state index in [0.29, 0.717) is 39.9 Å². The molecule has 0 spiro atoms. The lowest BCUT2D eigenvalue weighted by molar-refractivity contribution is 0.809. The van der Waals surface area contributed by atoms with Crippen molar-refractivity contribution in [1.29, 1.82) is 0 Å². The summed E-state index contributed by atoms with van der Waals surface area (Å²) in [6.07, 6.45) is 0. The van der Waals surface area contributed by atoms with Crippen LogP contribution in [0.3, 0.4) is 0 Å². The molecule has 0 amide bonds. The van der Waals surface area contributed by atoms with Gasteiger partial charge >= 0.3 is 5.69 Å². The highest BCUT2D eigenvalue weighted by atomic mass is 35.5. The zero-order chi connectivity index (χ0) is 20.1. The molecule has 0 aliphatic heterocycles. The number of benzene rings is 2. The first-order chi connectivity index (χ1) is 14.1. The Morgan fingerprint density at radius 1 is 1.00 bits per heavy atom. The van der Waals surface area contributed by atoms with Gasteiger partial charge in [0.2, 0.25) is 5.78 Å². The molecule has 2 aromatic carbocycles. The molecule has 0 unspecified atom stereocenters. The summed E-state index contributed by atoms with van der Waals surface area (Å²) >= 11 is 6.38. The van der Waals surface area contributed by atoms with E-state index in [1.54, 1.807) is 22.1 Å². The molecule has 3 heterocycles. The summed E-state index contributed by atoms with van der Waals surface area (Å²) in [5.74, 6) is 0.911. The number of nitrogens with one attached hydrogen (secondary N) is 1. The van der Waals surface area contributed by atoms with E-state index in [4.69, 9.17) is 11.6 Å². The van der Waals surface area contributed by atoms with Crippen molar-refractivity contribution in [3.8, 4) is 11.4 Å². The number of aromatic nitrogens is 6.